The highest BCUT2D eigenvalue weighted by atomic mass is 35.5. The van der Waals surface area contributed by atoms with Gasteiger partial charge in [0.2, 0.25) is 0 Å². The maximum absolute atomic E-state index is 13.5. The lowest BCUT2D eigenvalue weighted by atomic mass is 10.1. The van der Waals surface area contributed by atoms with Gasteiger partial charge < -0.3 is 10.0 Å². The van der Waals surface area contributed by atoms with Crippen molar-refractivity contribution in [2.45, 2.75) is 13.8 Å². The standard InChI is InChI=1S/C16H15ClFNO2/c1-3-19(15-9-12(20)6-4-10(15)2)16(21)11-5-7-13(17)14(18)8-11/h4-9,20H,3H2,1-2H3. The molecule has 110 valence electrons. The van der Waals surface area contributed by atoms with E-state index in [1.165, 1.54) is 23.1 Å². The molecule has 0 bridgehead atoms. The number of benzene rings is 2. The number of rotatable bonds is 3. The van der Waals surface area contributed by atoms with Crippen LogP contribution in [-0.2, 0) is 0 Å². The van der Waals surface area contributed by atoms with Gasteiger partial charge in [0.05, 0.1) is 10.7 Å². The zero-order valence-electron chi connectivity index (χ0n) is 11.7. The van der Waals surface area contributed by atoms with E-state index in [0.29, 0.717) is 12.2 Å². The lowest BCUT2D eigenvalue weighted by molar-refractivity contribution is 0.0987. The molecule has 2 aromatic carbocycles. The molecule has 1 N–H and O–H groups in total. The number of phenols is 1. The number of hydrogen-bond acceptors (Lipinski definition) is 2. The van der Waals surface area contributed by atoms with E-state index in [9.17, 15) is 14.3 Å². The summed E-state index contributed by atoms with van der Waals surface area (Å²) in [4.78, 5) is 14.0. The molecule has 0 heterocycles. The topological polar surface area (TPSA) is 40.5 Å². The first-order chi connectivity index (χ1) is 9.93. The van der Waals surface area contributed by atoms with E-state index in [2.05, 4.69) is 0 Å². The summed E-state index contributed by atoms with van der Waals surface area (Å²) in [5.41, 5.74) is 1.65. The van der Waals surface area contributed by atoms with Crippen LogP contribution in [0.15, 0.2) is 36.4 Å². The third kappa shape index (κ3) is 3.16. The first kappa shape index (κ1) is 15.3. The summed E-state index contributed by atoms with van der Waals surface area (Å²) >= 11 is 5.63. The number of carbonyl (C=O) groups is 1. The lowest BCUT2D eigenvalue weighted by Gasteiger charge is -2.23. The van der Waals surface area contributed by atoms with Gasteiger partial charge in [-0.15, -0.1) is 0 Å². The van der Waals surface area contributed by atoms with Gasteiger partial charge in [-0.1, -0.05) is 17.7 Å². The third-order valence-corrected chi connectivity index (χ3v) is 3.52. The second kappa shape index (κ2) is 6.14. The molecule has 0 aromatic heterocycles. The van der Waals surface area contributed by atoms with E-state index in [-0.39, 0.29) is 22.2 Å². The molecule has 1 amide bonds. The highest BCUT2D eigenvalue weighted by Crippen LogP contribution is 2.27. The molecule has 0 aliphatic carbocycles. The molecule has 0 fully saturated rings. The smallest absolute Gasteiger partial charge is 0.258 e. The van der Waals surface area contributed by atoms with Gasteiger partial charge >= 0.3 is 0 Å². The van der Waals surface area contributed by atoms with Crippen LogP contribution >= 0.6 is 11.6 Å². The summed E-state index contributed by atoms with van der Waals surface area (Å²) in [7, 11) is 0. The summed E-state index contributed by atoms with van der Waals surface area (Å²) in [6.45, 7) is 4.05. The van der Waals surface area contributed by atoms with Crippen molar-refractivity contribution in [3.8, 4) is 5.75 Å². The fourth-order valence-electron chi connectivity index (χ4n) is 2.10. The van der Waals surface area contributed by atoms with Gasteiger partial charge in [-0.2, -0.15) is 0 Å². The monoisotopic (exact) mass is 307 g/mol. The number of aryl methyl sites for hydroxylation is 1. The molecule has 0 aliphatic rings. The van der Waals surface area contributed by atoms with Crippen molar-refractivity contribution < 1.29 is 14.3 Å². The Kier molecular flexibility index (Phi) is 4.48. The Morgan fingerprint density at radius 1 is 1.29 bits per heavy atom. The zero-order valence-corrected chi connectivity index (χ0v) is 12.5. The average molecular weight is 308 g/mol. The first-order valence-corrected chi connectivity index (χ1v) is 6.88. The fraction of sp³-hybridized carbons (Fsp3) is 0.188. The van der Waals surface area contributed by atoms with E-state index in [4.69, 9.17) is 11.6 Å². The van der Waals surface area contributed by atoms with Crippen LogP contribution < -0.4 is 4.90 Å². The molecule has 0 spiro atoms. The van der Waals surface area contributed by atoms with Crippen molar-refractivity contribution in [2.24, 2.45) is 0 Å². The van der Waals surface area contributed by atoms with Crippen LogP contribution in [0.2, 0.25) is 5.02 Å². The third-order valence-electron chi connectivity index (χ3n) is 3.21. The maximum Gasteiger partial charge on any atom is 0.258 e. The quantitative estimate of drug-likeness (QED) is 0.925. The van der Waals surface area contributed by atoms with Crippen LogP contribution in [0.3, 0.4) is 0 Å². The molecule has 0 radical (unpaired) electrons. The molecule has 0 saturated heterocycles. The minimum absolute atomic E-state index is 0.0249. The van der Waals surface area contributed by atoms with Gasteiger partial charge in [-0.25, -0.2) is 4.39 Å². The predicted molar refractivity (Wildman–Crippen MR) is 81.6 cm³/mol. The Labute approximate surface area is 127 Å². The van der Waals surface area contributed by atoms with E-state index in [1.54, 1.807) is 12.1 Å². The van der Waals surface area contributed by atoms with Crippen LogP contribution in [0, 0.1) is 12.7 Å². The van der Waals surface area contributed by atoms with E-state index < -0.39 is 5.82 Å². The Morgan fingerprint density at radius 3 is 2.62 bits per heavy atom. The van der Waals surface area contributed by atoms with Crippen LogP contribution in [0.4, 0.5) is 10.1 Å². The van der Waals surface area contributed by atoms with Crippen molar-refractivity contribution in [1.29, 1.82) is 0 Å². The number of anilines is 1. The minimum atomic E-state index is -0.633. The van der Waals surface area contributed by atoms with Crippen molar-refractivity contribution in [2.75, 3.05) is 11.4 Å². The molecule has 3 nitrogen and oxygen atoms in total. The first-order valence-electron chi connectivity index (χ1n) is 6.50. The maximum atomic E-state index is 13.5. The highest BCUT2D eigenvalue weighted by Gasteiger charge is 2.19. The lowest BCUT2D eigenvalue weighted by Crippen LogP contribution is -2.31. The number of carbonyl (C=O) groups excluding carboxylic acids is 1. The highest BCUT2D eigenvalue weighted by molar-refractivity contribution is 6.30. The van der Waals surface area contributed by atoms with Crippen molar-refractivity contribution in [3.05, 3.63) is 58.4 Å². The molecule has 2 aromatic rings. The summed E-state index contributed by atoms with van der Waals surface area (Å²) in [6.07, 6.45) is 0. The molecule has 0 unspecified atom stereocenters. The van der Waals surface area contributed by atoms with Crippen molar-refractivity contribution >= 4 is 23.2 Å². The minimum Gasteiger partial charge on any atom is -0.508 e. The van der Waals surface area contributed by atoms with E-state index in [1.807, 2.05) is 13.8 Å². The van der Waals surface area contributed by atoms with Gasteiger partial charge in [-0.3, -0.25) is 4.79 Å². The van der Waals surface area contributed by atoms with Crippen LogP contribution in [0.5, 0.6) is 5.75 Å². The fourth-order valence-corrected chi connectivity index (χ4v) is 2.21. The Bertz CT molecular complexity index is 688. The van der Waals surface area contributed by atoms with Gasteiger partial charge in [0, 0.05) is 18.2 Å². The van der Waals surface area contributed by atoms with E-state index >= 15 is 0 Å². The largest absolute Gasteiger partial charge is 0.508 e. The second-order valence-electron chi connectivity index (χ2n) is 4.65. The Hall–Kier alpha value is -2.07. The number of amides is 1. The average Bonchev–Trinajstić information content (AvgIpc) is 2.46. The molecule has 2 rings (SSSR count). The summed E-state index contributed by atoms with van der Waals surface area (Å²) in [5, 5.41) is 9.57. The normalized spacial score (nSPS) is 10.5. The van der Waals surface area contributed by atoms with E-state index in [0.717, 1.165) is 11.6 Å². The second-order valence-corrected chi connectivity index (χ2v) is 5.06. The van der Waals surface area contributed by atoms with Gasteiger partial charge in [0.25, 0.3) is 5.91 Å². The molecule has 5 heteroatoms. The molecule has 0 atom stereocenters. The molecule has 21 heavy (non-hydrogen) atoms. The zero-order chi connectivity index (χ0) is 15.6. The molecule has 0 saturated carbocycles. The summed E-state index contributed by atoms with van der Waals surface area (Å²) in [6, 6.07) is 8.75. The summed E-state index contributed by atoms with van der Waals surface area (Å²) < 4.78 is 13.5. The number of hydrogen-bond donors (Lipinski definition) is 1. The van der Waals surface area contributed by atoms with Crippen molar-refractivity contribution in [3.63, 3.8) is 0 Å². The predicted octanol–water partition coefficient (Wildman–Crippen LogP) is 4.16. The van der Waals surface area contributed by atoms with Gasteiger partial charge in [0.15, 0.2) is 0 Å². The number of phenolic OH excluding ortho intramolecular Hbond substituents is 1. The number of aromatic hydroxyl groups is 1. The van der Waals surface area contributed by atoms with Crippen LogP contribution in [0.1, 0.15) is 22.8 Å². The molecular formula is C16H15ClFNO2. The van der Waals surface area contributed by atoms with Crippen molar-refractivity contribution in [1.82, 2.24) is 0 Å². The molecular weight excluding hydrogens is 293 g/mol. The Morgan fingerprint density at radius 2 is 2.00 bits per heavy atom. The Balaban J connectivity index is 2.43. The molecule has 0 aliphatic heterocycles. The number of nitrogens with zero attached hydrogens (tertiary/aromatic N) is 1. The van der Waals surface area contributed by atoms with Gasteiger partial charge in [-0.05, 0) is 43.7 Å². The van der Waals surface area contributed by atoms with Crippen LogP contribution in [0.25, 0.3) is 0 Å². The summed E-state index contributed by atoms with van der Waals surface area (Å²) in [5.74, 6) is -0.905. The van der Waals surface area contributed by atoms with Crippen LogP contribution in [-0.4, -0.2) is 17.6 Å². The number of halogens is 2. The van der Waals surface area contributed by atoms with Gasteiger partial charge in [0.1, 0.15) is 11.6 Å². The SMILES string of the molecule is CCN(C(=O)c1ccc(Cl)c(F)c1)c1cc(O)ccc1C.